The first kappa shape index (κ1) is 16.4. The van der Waals surface area contributed by atoms with E-state index in [1.807, 2.05) is 6.92 Å². The molecule has 0 saturated carbocycles. The summed E-state index contributed by atoms with van der Waals surface area (Å²) in [6.45, 7) is 7.55. The first-order chi connectivity index (χ1) is 8.11. The highest BCUT2D eigenvalue weighted by Crippen LogP contribution is 2.31. The second-order valence-electron chi connectivity index (χ2n) is 4.59. The Morgan fingerprint density at radius 1 is 1.24 bits per heavy atom. The summed E-state index contributed by atoms with van der Waals surface area (Å²) in [6.07, 6.45) is 3.58. The molecule has 0 saturated heterocycles. The normalized spacial score (nSPS) is 11.6. The van der Waals surface area contributed by atoms with Crippen molar-refractivity contribution in [3.05, 3.63) is 0 Å². The van der Waals surface area contributed by atoms with Crippen molar-refractivity contribution in [2.75, 3.05) is 26.2 Å². The van der Waals surface area contributed by atoms with Gasteiger partial charge in [0, 0.05) is 19.6 Å². The predicted molar refractivity (Wildman–Crippen MR) is 70.6 cm³/mol. The lowest BCUT2D eigenvalue weighted by Gasteiger charge is -2.36. The zero-order valence-electron chi connectivity index (χ0n) is 11.5. The van der Waals surface area contributed by atoms with Gasteiger partial charge >= 0.3 is 0 Å². The first-order valence-corrected chi connectivity index (χ1v) is 6.72. The van der Waals surface area contributed by atoms with E-state index < -0.39 is 5.41 Å². The zero-order valence-corrected chi connectivity index (χ0v) is 11.5. The number of amides is 1. The summed E-state index contributed by atoms with van der Waals surface area (Å²) < 4.78 is 0. The van der Waals surface area contributed by atoms with Crippen molar-refractivity contribution >= 4 is 5.91 Å². The van der Waals surface area contributed by atoms with Crippen LogP contribution in [0.5, 0.6) is 0 Å². The number of carbonyl (C=O) groups is 1. The van der Waals surface area contributed by atoms with Crippen molar-refractivity contribution in [3.63, 3.8) is 0 Å². The van der Waals surface area contributed by atoms with E-state index in [4.69, 9.17) is 10.8 Å². The molecule has 4 heteroatoms. The van der Waals surface area contributed by atoms with Gasteiger partial charge in [-0.25, -0.2) is 0 Å². The van der Waals surface area contributed by atoms with Crippen LogP contribution in [0.15, 0.2) is 0 Å². The topological polar surface area (TPSA) is 66.6 Å². The molecular weight excluding hydrogens is 216 g/mol. The molecule has 0 spiro atoms. The van der Waals surface area contributed by atoms with Crippen LogP contribution in [-0.2, 0) is 4.79 Å². The minimum Gasteiger partial charge on any atom is -0.395 e. The second-order valence-corrected chi connectivity index (χ2v) is 4.59. The molecule has 0 aliphatic rings. The largest absolute Gasteiger partial charge is 0.395 e. The molecule has 0 rings (SSSR count). The summed E-state index contributed by atoms with van der Waals surface area (Å²) in [6, 6.07) is 0. The maximum Gasteiger partial charge on any atom is 0.230 e. The maximum atomic E-state index is 12.5. The van der Waals surface area contributed by atoms with Gasteiger partial charge in [-0.05, 0) is 19.8 Å². The van der Waals surface area contributed by atoms with Gasteiger partial charge in [-0.3, -0.25) is 4.79 Å². The molecule has 4 nitrogen and oxygen atoms in total. The fraction of sp³-hybridized carbons (Fsp3) is 0.923. The molecule has 0 bridgehead atoms. The molecule has 3 N–H and O–H groups in total. The predicted octanol–water partition coefficient (Wildman–Crippen LogP) is 1.37. The van der Waals surface area contributed by atoms with Gasteiger partial charge < -0.3 is 15.7 Å². The first-order valence-electron chi connectivity index (χ1n) is 6.72. The summed E-state index contributed by atoms with van der Waals surface area (Å²) in [5.74, 6) is 0.111. The Labute approximate surface area is 105 Å². The number of likely N-dealkylation sites (N-methyl/N-ethyl adjacent to an activating group) is 1. The Morgan fingerprint density at radius 2 is 1.76 bits per heavy atom. The molecular formula is C13H28N2O2. The van der Waals surface area contributed by atoms with Gasteiger partial charge in [0.05, 0.1) is 12.0 Å². The molecule has 102 valence electrons. The summed E-state index contributed by atoms with van der Waals surface area (Å²) in [5.41, 5.74) is 5.44. The number of hydrogen-bond donors (Lipinski definition) is 2. The molecule has 0 heterocycles. The third-order valence-electron chi connectivity index (χ3n) is 3.34. The summed E-state index contributed by atoms with van der Waals surface area (Å²) in [4.78, 5) is 14.3. The molecule has 0 fully saturated rings. The SMILES string of the molecule is CCCC(CN)(CCC)C(=O)N(CC)CCO. The quantitative estimate of drug-likeness (QED) is 0.644. The molecule has 0 aromatic rings. The average molecular weight is 244 g/mol. The molecule has 0 aromatic carbocycles. The molecule has 1 amide bonds. The molecule has 0 aliphatic carbocycles. The smallest absolute Gasteiger partial charge is 0.230 e. The van der Waals surface area contributed by atoms with E-state index in [2.05, 4.69) is 13.8 Å². The Morgan fingerprint density at radius 3 is 2.06 bits per heavy atom. The summed E-state index contributed by atoms with van der Waals surface area (Å²) in [5, 5.41) is 8.99. The number of aliphatic hydroxyl groups excluding tert-OH is 1. The molecule has 0 radical (unpaired) electrons. The lowest BCUT2D eigenvalue weighted by Crippen LogP contribution is -2.49. The fourth-order valence-corrected chi connectivity index (χ4v) is 2.45. The molecule has 0 aromatic heterocycles. The van der Waals surface area contributed by atoms with Crippen LogP contribution in [-0.4, -0.2) is 42.2 Å². The number of rotatable bonds is 9. The zero-order chi connectivity index (χ0) is 13.3. The van der Waals surface area contributed by atoms with Gasteiger partial charge in [-0.2, -0.15) is 0 Å². The molecule has 0 aliphatic heterocycles. The van der Waals surface area contributed by atoms with Crippen LogP contribution in [0.25, 0.3) is 0 Å². The standard InChI is InChI=1S/C13H28N2O2/c1-4-7-13(11-14,8-5-2)12(17)15(6-3)9-10-16/h16H,4-11,14H2,1-3H3. The number of aliphatic hydroxyl groups is 1. The van der Waals surface area contributed by atoms with Crippen molar-refractivity contribution < 1.29 is 9.90 Å². The Balaban J connectivity index is 4.92. The van der Waals surface area contributed by atoms with Crippen molar-refractivity contribution in [1.82, 2.24) is 4.90 Å². The van der Waals surface area contributed by atoms with Crippen LogP contribution >= 0.6 is 0 Å². The van der Waals surface area contributed by atoms with E-state index in [-0.39, 0.29) is 12.5 Å². The van der Waals surface area contributed by atoms with Gasteiger partial charge in [0.2, 0.25) is 5.91 Å². The van der Waals surface area contributed by atoms with E-state index in [1.165, 1.54) is 0 Å². The van der Waals surface area contributed by atoms with E-state index >= 15 is 0 Å². The van der Waals surface area contributed by atoms with E-state index in [0.717, 1.165) is 25.7 Å². The third-order valence-corrected chi connectivity index (χ3v) is 3.34. The van der Waals surface area contributed by atoms with Gasteiger partial charge in [-0.1, -0.05) is 26.7 Å². The molecule has 0 unspecified atom stereocenters. The van der Waals surface area contributed by atoms with Crippen LogP contribution in [0, 0.1) is 5.41 Å². The van der Waals surface area contributed by atoms with Crippen molar-refractivity contribution in [1.29, 1.82) is 0 Å². The highest BCUT2D eigenvalue weighted by Gasteiger charge is 2.37. The number of nitrogens with zero attached hydrogens (tertiary/aromatic N) is 1. The van der Waals surface area contributed by atoms with Crippen molar-refractivity contribution in [2.45, 2.75) is 46.5 Å². The Bertz CT molecular complexity index is 213. The fourth-order valence-electron chi connectivity index (χ4n) is 2.45. The minimum atomic E-state index is -0.422. The lowest BCUT2D eigenvalue weighted by molar-refractivity contribution is -0.143. The van der Waals surface area contributed by atoms with Crippen LogP contribution in [0.1, 0.15) is 46.5 Å². The monoisotopic (exact) mass is 244 g/mol. The molecule has 0 atom stereocenters. The second kappa shape index (κ2) is 8.48. The van der Waals surface area contributed by atoms with Crippen LogP contribution in [0.2, 0.25) is 0 Å². The summed E-state index contributed by atoms with van der Waals surface area (Å²) >= 11 is 0. The Hall–Kier alpha value is -0.610. The third kappa shape index (κ3) is 4.28. The minimum absolute atomic E-state index is 0.0124. The highest BCUT2D eigenvalue weighted by atomic mass is 16.3. The average Bonchev–Trinajstić information content (AvgIpc) is 2.34. The van der Waals surface area contributed by atoms with Gasteiger partial charge in [0.1, 0.15) is 0 Å². The van der Waals surface area contributed by atoms with Crippen LogP contribution in [0.4, 0.5) is 0 Å². The van der Waals surface area contributed by atoms with Gasteiger partial charge in [0.25, 0.3) is 0 Å². The lowest BCUT2D eigenvalue weighted by atomic mass is 9.78. The molecule has 17 heavy (non-hydrogen) atoms. The summed E-state index contributed by atoms with van der Waals surface area (Å²) in [7, 11) is 0. The van der Waals surface area contributed by atoms with Crippen LogP contribution in [0.3, 0.4) is 0 Å². The van der Waals surface area contributed by atoms with Crippen LogP contribution < -0.4 is 5.73 Å². The van der Waals surface area contributed by atoms with Crippen molar-refractivity contribution in [2.24, 2.45) is 11.1 Å². The van der Waals surface area contributed by atoms with Crippen molar-refractivity contribution in [3.8, 4) is 0 Å². The number of nitrogens with two attached hydrogens (primary N) is 1. The number of carbonyl (C=O) groups excluding carboxylic acids is 1. The Kier molecular flexibility index (Phi) is 8.17. The van der Waals surface area contributed by atoms with Gasteiger partial charge in [0.15, 0.2) is 0 Å². The van der Waals surface area contributed by atoms with E-state index in [9.17, 15) is 4.79 Å². The number of hydrogen-bond acceptors (Lipinski definition) is 3. The van der Waals surface area contributed by atoms with Gasteiger partial charge in [-0.15, -0.1) is 0 Å². The highest BCUT2D eigenvalue weighted by molar-refractivity contribution is 5.83. The maximum absolute atomic E-state index is 12.5. The van der Waals surface area contributed by atoms with E-state index in [1.54, 1.807) is 4.90 Å². The van der Waals surface area contributed by atoms with E-state index in [0.29, 0.717) is 19.6 Å².